The van der Waals surface area contributed by atoms with Crippen molar-refractivity contribution in [1.82, 2.24) is 5.32 Å². The number of hydrogen-bond acceptors (Lipinski definition) is 3. The van der Waals surface area contributed by atoms with Crippen LogP contribution < -0.4 is 11.1 Å². The smallest absolute Gasteiger partial charge is 0.320 e. The van der Waals surface area contributed by atoms with E-state index in [2.05, 4.69) is 5.32 Å². The van der Waals surface area contributed by atoms with Gasteiger partial charge in [-0.15, -0.1) is 0 Å². The Morgan fingerprint density at radius 1 is 1.67 bits per heavy atom. The first-order valence-electron chi connectivity index (χ1n) is 4.42. The zero-order chi connectivity index (χ0) is 8.97. The quantitative estimate of drug-likeness (QED) is 0.557. The molecule has 0 aromatic heterocycles. The predicted octanol–water partition coefficient (Wildman–Crippen LogP) is -0.0695. The van der Waals surface area contributed by atoms with Gasteiger partial charge in [-0.25, -0.2) is 0 Å². The van der Waals surface area contributed by atoms with Crippen LogP contribution >= 0.6 is 0 Å². The molecule has 4 nitrogen and oxygen atoms in total. The Bertz CT molecular complexity index is 155. The van der Waals surface area contributed by atoms with Crippen molar-refractivity contribution < 1.29 is 9.90 Å². The lowest BCUT2D eigenvalue weighted by atomic mass is 9.98. The maximum atomic E-state index is 10.4. The molecule has 4 N–H and O–H groups in total. The molecular formula is C8H16N2O2. The normalized spacial score (nSPS) is 26.6. The molecule has 12 heavy (non-hydrogen) atoms. The van der Waals surface area contributed by atoms with Crippen molar-refractivity contribution >= 4 is 5.97 Å². The fourth-order valence-corrected chi connectivity index (χ4v) is 1.53. The van der Waals surface area contributed by atoms with E-state index in [4.69, 9.17) is 10.8 Å². The Labute approximate surface area is 72.1 Å². The highest BCUT2D eigenvalue weighted by Gasteiger charge is 2.19. The summed E-state index contributed by atoms with van der Waals surface area (Å²) in [5.41, 5.74) is 5.41. The van der Waals surface area contributed by atoms with Crippen molar-refractivity contribution in [2.45, 2.75) is 37.8 Å². The Balaban J connectivity index is 2.24. The minimum atomic E-state index is -0.901. The molecule has 1 heterocycles. The maximum absolute atomic E-state index is 10.4. The number of aliphatic carboxylic acids is 1. The number of nitrogens with two attached hydrogens (primary N) is 1. The summed E-state index contributed by atoms with van der Waals surface area (Å²) in [7, 11) is 0. The van der Waals surface area contributed by atoms with E-state index in [9.17, 15) is 4.79 Å². The molecule has 4 heteroatoms. The van der Waals surface area contributed by atoms with Gasteiger partial charge in [0.1, 0.15) is 6.04 Å². The number of carbonyl (C=O) groups is 1. The van der Waals surface area contributed by atoms with Gasteiger partial charge >= 0.3 is 5.97 Å². The molecule has 0 aliphatic carbocycles. The van der Waals surface area contributed by atoms with E-state index in [0.29, 0.717) is 12.5 Å². The minimum absolute atomic E-state index is 0.310. The van der Waals surface area contributed by atoms with Crippen molar-refractivity contribution in [3.8, 4) is 0 Å². The van der Waals surface area contributed by atoms with E-state index in [-0.39, 0.29) is 0 Å². The molecule has 0 saturated carbocycles. The lowest BCUT2D eigenvalue weighted by molar-refractivity contribution is -0.138. The van der Waals surface area contributed by atoms with E-state index >= 15 is 0 Å². The Kier molecular flexibility index (Phi) is 3.49. The topological polar surface area (TPSA) is 75.3 Å². The van der Waals surface area contributed by atoms with Crippen LogP contribution in [0.25, 0.3) is 0 Å². The van der Waals surface area contributed by atoms with Crippen LogP contribution in [-0.4, -0.2) is 29.7 Å². The van der Waals surface area contributed by atoms with Crippen molar-refractivity contribution in [2.24, 2.45) is 5.73 Å². The third-order valence-corrected chi connectivity index (χ3v) is 2.27. The van der Waals surface area contributed by atoms with Gasteiger partial charge in [0, 0.05) is 6.04 Å². The molecule has 0 aromatic carbocycles. The van der Waals surface area contributed by atoms with Gasteiger partial charge in [0.15, 0.2) is 0 Å². The molecule has 1 aliphatic heterocycles. The first kappa shape index (κ1) is 9.48. The second kappa shape index (κ2) is 4.42. The van der Waals surface area contributed by atoms with Crippen molar-refractivity contribution in [1.29, 1.82) is 0 Å². The van der Waals surface area contributed by atoms with Crippen LogP contribution in [0.15, 0.2) is 0 Å². The molecule has 1 unspecified atom stereocenters. The summed E-state index contributed by atoms with van der Waals surface area (Å²) in [6, 6.07) is -0.398. The molecule has 70 valence electrons. The highest BCUT2D eigenvalue weighted by Crippen LogP contribution is 2.11. The molecule has 0 spiro atoms. The number of nitrogens with one attached hydrogen (secondary N) is 1. The van der Waals surface area contributed by atoms with Gasteiger partial charge in [-0.3, -0.25) is 4.79 Å². The van der Waals surface area contributed by atoms with E-state index in [0.717, 1.165) is 13.0 Å². The Morgan fingerprint density at radius 3 is 2.92 bits per heavy atom. The van der Waals surface area contributed by atoms with Crippen LogP contribution in [0.4, 0.5) is 0 Å². The number of carboxylic acids is 1. The van der Waals surface area contributed by atoms with E-state index < -0.39 is 12.0 Å². The fraction of sp³-hybridized carbons (Fsp3) is 0.875. The molecule has 0 radical (unpaired) electrons. The second-order valence-electron chi connectivity index (χ2n) is 3.33. The number of hydrogen-bond donors (Lipinski definition) is 3. The van der Waals surface area contributed by atoms with Crippen LogP contribution in [0.3, 0.4) is 0 Å². The molecule has 1 rings (SSSR count). The van der Waals surface area contributed by atoms with Gasteiger partial charge in [0.2, 0.25) is 0 Å². The first-order chi connectivity index (χ1) is 5.70. The van der Waals surface area contributed by atoms with Crippen LogP contribution in [0.1, 0.15) is 25.7 Å². The maximum Gasteiger partial charge on any atom is 0.320 e. The van der Waals surface area contributed by atoms with Gasteiger partial charge < -0.3 is 16.2 Å². The number of piperidine rings is 1. The Hall–Kier alpha value is -0.610. The first-order valence-corrected chi connectivity index (χ1v) is 4.42. The van der Waals surface area contributed by atoms with Gasteiger partial charge in [-0.1, -0.05) is 6.42 Å². The lowest BCUT2D eigenvalue weighted by Gasteiger charge is -2.24. The van der Waals surface area contributed by atoms with Gasteiger partial charge in [-0.05, 0) is 25.8 Å². The van der Waals surface area contributed by atoms with Crippen molar-refractivity contribution in [2.75, 3.05) is 6.54 Å². The minimum Gasteiger partial charge on any atom is -0.480 e. The van der Waals surface area contributed by atoms with Gasteiger partial charge in [-0.2, -0.15) is 0 Å². The molecule has 0 bridgehead atoms. The molecule has 0 amide bonds. The standard InChI is InChI=1S/C8H16N2O2/c9-7(8(11)12)5-6-3-1-2-4-10-6/h6-7,10H,1-5,9H2,(H,11,12)/t6?,7-/m1/s1. The zero-order valence-electron chi connectivity index (χ0n) is 7.12. The average molecular weight is 172 g/mol. The van der Waals surface area contributed by atoms with Crippen LogP contribution in [0, 0.1) is 0 Å². The molecule has 1 fully saturated rings. The fourth-order valence-electron chi connectivity index (χ4n) is 1.53. The van der Waals surface area contributed by atoms with E-state index in [1.54, 1.807) is 0 Å². The third-order valence-electron chi connectivity index (χ3n) is 2.27. The number of carboxylic acid groups (broad SMARTS) is 1. The molecule has 1 aliphatic rings. The largest absolute Gasteiger partial charge is 0.480 e. The molecule has 2 atom stereocenters. The zero-order valence-corrected chi connectivity index (χ0v) is 7.12. The molecule has 1 saturated heterocycles. The summed E-state index contributed by atoms with van der Waals surface area (Å²) in [6.07, 6.45) is 3.99. The molecule has 0 aromatic rings. The highest BCUT2D eigenvalue weighted by molar-refractivity contribution is 5.73. The summed E-state index contributed by atoms with van der Waals surface area (Å²) in [5.74, 6) is -0.901. The predicted molar refractivity (Wildman–Crippen MR) is 45.9 cm³/mol. The monoisotopic (exact) mass is 172 g/mol. The van der Waals surface area contributed by atoms with Crippen molar-refractivity contribution in [3.05, 3.63) is 0 Å². The second-order valence-corrected chi connectivity index (χ2v) is 3.33. The summed E-state index contributed by atoms with van der Waals surface area (Å²) >= 11 is 0. The van der Waals surface area contributed by atoms with Gasteiger partial charge in [0.05, 0.1) is 0 Å². The summed E-state index contributed by atoms with van der Waals surface area (Å²) in [4.78, 5) is 10.4. The summed E-state index contributed by atoms with van der Waals surface area (Å²) in [6.45, 7) is 0.997. The van der Waals surface area contributed by atoms with Crippen LogP contribution in [0.2, 0.25) is 0 Å². The third kappa shape index (κ3) is 2.79. The number of rotatable bonds is 3. The lowest BCUT2D eigenvalue weighted by Crippen LogP contribution is -2.42. The van der Waals surface area contributed by atoms with Crippen LogP contribution in [0.5, 0.6) is 0 Å². The van der Waals surface area contributed by atoms with Crippen LogP contribution in [-0.2, 0) is 4.79 Å². The average Bonchev–Trinajstić information content (AvgIpc) is 2.06. The molecular weight excluding hydrogens is 156 g/mol. The van der Waals surface area contributed by atoms with Crippen molar-refractivity contribution in [3.63, 3.8) is 0 Å². The summed E-state index contributed by atoms with van der Waals surface area (Å²) in [5, 5.41) is 11.8. The summed E-state index contributed by atoms with van der Waals surface area (Å²) < 4.78 is 0. The van der Waals surface area contributed by atoms with Gasteiger partial charge in [0.25, 0.3) is 0 Å². The van der Waals surface area contributed by atoms with E-state index in [1.165, 1.54) is 12.8 Å². The Morgan fingerprint density at radius 2 is 2.42 bits per heavy atom. The van der Waals surface area contributed by atoms with E-state index in [1.807, 2.05) is 0 Å². The SMILES string of the molecule is N[C@H](CC1CCCCN1)C(=O)O. The highest BCUT2D eigenvalue weighted by atomic mass is 16.4.